The third-order valence-electron chi connectivity index (χ3n) is 8.87. The number of fused-ring (bicyclic) bond motifs is 3. The average Bonchev–Trinajstić information content (AvgIpc) is 3.68. The first kappa shape index (κ1) is 45.4. The number of cyclic esters (lactones) is 1. The van der Waals surface area contributed by atoms with Crippen LogP contribution in [0, 0.1) is 11.8 Å². The van der Waals surface area contributed by atoms with Crippen molar-refractivity contribution in [2.75, 3.05) is 73.4 Å². The van der Waals surface area contributed by atoms with Gasteiger partial charge >= 0.3 is 5.97 Å². The largest absolute Gasteiger partial charge is 0.502 e. The SMILES string of the molecule is COc1cc([C@@H]2c3cc4c(cc3[C@@H](NC(=O)CNCCCNCCCCNCCCN)[C@H]3COC(=O)[C@H]23)OCO4)cc(OC)c1O.Cl.Cl.Cl.Cl. The first-order valence-corrected chi connectivity index (χ1v) is 16.1. The summed E-state index contributed by atoms with van der Waals surface area (Å²) >= 11 is 0. The van der Waals surface area contributed by atoms with E-state index in [2.05, 4.69) is 21.3 Å². The Morgan fingerprint density at radius 1 is 0.820 bits per heavy atom. The van der Waals surface area contributed by atoms with Gasteiger partial charge in [0.05, 0.1) is 39.3 Å². The molecule has 0 unspecified atom stereocenters. The number of esters is 1. The Morgan fingerprint density at radius 3 is 1.98 bits per heavy atom. The molecular weight excluding hydrogens is 736 g/mol. The van der Waals surface area contributed by atoms with Crippen molar-refractivity contribution in [2.45, 2.75) is 37.6 Å². The molecule has 0 saturated carbocycles. The van der Waals surface area contributed by atoms with Gasteiger partial charge < -0.3 is 55.8 Å². The van der Waals surface area contributed by atoms with E-state index in [1.807, 2.05) is 12.1 Å². The van der Waals surface area contributed by atoms with Crippen molar-refractivity contribution < 1.29 is 38.4 Å². The predicted octanol–water partition coefficient (Wildman–Crippen LogP) is 3.21. The lowest BCUT2D eigenvalue weighted by atomic mass is 9.65. The molecule has 0 radical (unpaired) electrons. The molecule has 3 aliphatic rings. The lowest BCUT2D eigenvalue weighted by Crippen LogP contribution is -2.45. The molecule has 2 aromatic carbocycles. The van der Waals surface area contributed by atoms with Crippen molar-refractivity contribution in [1.82, 2.24) is 21.3 Å². The number of phenolic OH excluding ortho intramolecular Hbond substituents is 1. The Bertz CT molecular complexity index is 1350. The van der Waals surface area contributed by atoms with Crippen LogP contribution in [-0.4, -0.2) is 90.4 Å². The highest BCUT2D eigenvalue weighted by Gasteiger charge is 2.53. The van der Waals surface area contributed by atoms with Crippen molar-refractivity contribution in [1.29, 1.82) is 0 Å². The van der Waals surface area contributed by atoms with Crippen molar-refractivity contribution in [3.8, 4) is 28.7 Å². The number of amides is 1. The molecule has 4 atom stereocenters. The highest BCUT2D eigenvalue weighted by molar-refractivity contribution is 5.86. The van der Waals surface area contributed by atoms with Crippen molar-refractivity contribution >= 4 is 61.5 Å². The summed E-state index contributed by atoms with van der Waals surface area (Å²) in [6.45, 7) is 5.62. The van der Waals surface area contributed by atoms with Crippen molar-refractivity contribution in [2.24, 2.45) is 17.6 Å². The summed E-state index contributed by atoms with van der Waals surface area (Å²) in [5.41, 5.74) is 7.84. The number of ether oxygens (including phenoxy) is 5. The second-order valence-electron chi connectivity index (χ2n) is 11.8. The molecule has 2 aromatic rings. The van der Waals surface area contributed by atoms with E-state index >= 15 is 0 Å². The summed E-state index contributed by atoms with van der Waals surface area (Å²) < 4.78 is 27.9. The first-order valence-electron chi connectivity index (χ1n) is 16.1. The molecule has 0 aromatic heterocycles. The van der Waals surface area contributed by atoms with Crippen LogP contribution in [0.1, 0.15) is 54.3 Å². The van der Waals surface area contributed by atoms with Gasteiger partial charge in [-0.15, -0.1) is 49.6 Å². The molecule has 1 fully saturated rings. The normalized spacial score (nSPS) is 19.3. The summed E-state index contributed by atoms with van der Waals surface area (Å²) in [5, 5.41) is 23.8. The summed E-state index contributed by atoms with van der Waals surface area (Å²) in [6, 6.07) is 6.69. The molecule has 0 spiro atoms. The molecule has 17 heteroatoms. The molecule has 1 amide bonds. The van der Waals surface area contributed by atoms with Crippen LogP contribution in [0.2, 0.25) is 0 Å². The maximum absolute atomic E-state index is 13.3. The number of benzene rings is 2. The molecule has 7 N–H and O–H groups in total. The zero-order valence-corrected chi connectivity index (χ0v) is 31.6. The Hall–Kier alpha value is -2.62. The number of halogens is 4. The lowest BCUT2D eigenvalue weighted by molar-refractivity contribution is -0.141. The van der Waals surface area contributed by atoms with E-state index < -0.39 is 17.9 Å². The maximum Gasteiger partial charge on any atom is 0.310 e. The van der Waals surface area contributed by atoms with Crippen molar-refractivity contribution in [3.63, 3.8) is 0 Å². The summed E-state index contributed by atoms with van der Waals surface area (Å²) in [5.74, 6) is -0.468. The molecule has 0 bridgehead atoms. The molecular formula is C33H51Cl4N5O8. The third-order valence-corrected chi connectivity index (χ3v) is 8.87. The number of nitrogens with one attached hydrogen (secondary N) is 4. The van der Waals surface area contributed by atoms with Crippen LogP contribution >= 0.6 is 49.6 Å². The van der Waals surface area contributed by atoms with Gasteiger partial charge in [0.15, 0.2) is 23.0 Å². The Balaban J connectivity index is 0.00000312. The topological polar surface area (TPSA) is 175 Å². The lowest BCUT2D eigenvalue weighted by Gasteiger charge is -2.39. The maximum atomic E-state index is 13.3. The van der Waals surface area contributed by atoms with Gasteiger partial charge in [0.2, 0.25) is 18.4 Å². The Morgan fingerprint density at radius 2 is 1.38 bits per heavy atom. The Labute approximate surface area is 318 Å². The summed E-state index contributed by atoms with van der Waals surface area (Å²) in [6.07, 6.45) is 4.13. The minimum absolute atomic E-state index is 0. The Kier molecular flexibility index (Phi) is 20.3. The van der Waals surface area contributed by atoms with Gasteiger partial charge in [-0.3, -0.25) is 9.59 Å². The highest BCUT2D eigenvalue weighted by atomic mass is 35.5. The predicted molar refractivity (Wildman–Crippen MR) is 200 cm³/mol. The van der Waals surface area contributed by atoms with Gasteiger partial charge in [-0.05, 0) is 106 Å². The fourth-order valence-electron chi connectivity index (χ4n) is 6.58. The van der Waals surface area contributed by atoms with E-state index in [9.17, 15) is 14.7 Å². The molecule has 50 heavy (non-hydrogen) atoms. The first-order chi connectivity index (χ1) is 22.5. The van der Waals surface area contributed by atoms with Gasteiger partial charge in [0.1, 0.15) is 0 Å². The van der Waals surface area contributed by atoms with Crippen LogP contribution in [0.5, 0.6) is 28.7 Å². The smallest absolute Gasteiger partial charge is 0.310 e. The zero-order chi connectivity index (χ0) is 32.5. The number of hydrogen-bond acceptors (Lipinski definition) is 12. The molecule has 1 aliphatic carbocycles. The fraction of sp³-hybridized carbons (Fsp3) is 0.576. The van der Waals surface area contributed by atoms with E-state index in [0.717, 1.165) is 69.5 Å². The number of methoxy groups -OCH3 is 2. The molecule has 13 nitrogen and oxygen atoms in total. The molecule has 1 saturated heterocycles. The van der Waals surface area contributed by atoms with E-state index in [1.54, 1.807) is 12.1 Å². The fourth-order valence-corrected chi connectivity index (χ4v) is 6.58. The second-order valence-corrected chi connectivity index (χ2v) is 11.8. The number of phenols is 1. The van der Waals surface area contributed by atoms with Crippen LogP contribution in [0.4, 0.5) is 0 Å². The second kappa shape index (κ2) is 22.3. The molecule has 2 heterocycles. The summed E-state index contributed by atoms with van der Waals surface area (Å²) in [4.78, 5) is 26.6. The number of rotatable bonds is 18. The minimum Gasteiger partial charge on any atom is -0.502 e. The van der Waals surface area contributed by atoms with Crippen LogP contribution in [0.15, 0.2) is 24.3 Å². The van der Waals surface area contributed by atoms with Gasteiger partial charge in [-0.1, -0.05) is 0 Å². The van der Waals surface area contributed by atoms with Gasteiger partial charge in [0.25, 0.3) is 0 Å². The van der Waals surface area contributed by atoms with Crippen LogP contribution in [-0.2, 0) is 14.3 Å². The number of carbonyl (C=O) groups excluding carboxylic acids is 2. The monoisotopic (exact) mass is 785 g/mol. The van der Waals surface area contributed by atoms with E-state index in [1.165, 1.54) is 14.2 Å². The van der Waals surface area contributed by atoms with Gasteiger partial charge in [0, 0.05) is 11.8 Å². The van der Waals surface area contributed by atoms with E-state index in [0.29, 0.717) is 23.6 Å². The minimum atomic E-state index is -0.599. The van der Waals surface area contributed by atoms with Crippen molar-refractivity contribution in [3.05, 3.63) is 41.0 Å². The molecule has 5 rings (SSSR count). The number of unbranched alkanes of at least 4 members (excludes halogenated alkanes) is 1. The zero-order valence-electron chi connectivity index (χ0n) is 28.3. The highest BCUT2D eigenvalue weighted by Crippen LogP contribution is 2.55. The number of carbonyl (C=O) groups is 2. The third kappa shape index (κ3) is 10.7. The van der Waals surface area contributed by atoms with Gasteiger partial charge in [-0.25, -0.2) is 0 Å². The number of aromatic hydroxyl groups is 1. The van der Waals surface area contributed by atoms with Crippen LogP contribution in [0.25, 0.3) is 0 Å². The molecule has 2 aliphatic heterocycles. The average molecular weight is 788 g/mol. The molecule has 284 valence electrons. The van der Waals surface area contributed by atoms with E-state index in [-0.39, 0.29) is 105 Å². The summed E-state index contributed by atoms with van der Waals surface area (Å²) in [7, 11) is 2.92. The van der Waals surface area contributed by atoms with Crippen LogP contribution in [0.3, 0.4) is 0 Å². The number of hydrogen-bond donors (Lipinski definition) is 6. The number of nitrogens with two attached hydrogens (primary N) is 1. The van der Waals surface area contributed by atoms with E-state index in [4.69, 9.17) is 29.4 Å². The standard InChI is InChI=1S/C33H47N5O8.4ClH/c1-42-26-13-20(14-27(43-2)32(26)40)29-21-15-24-25(46-19-45-24)16-22(21)31(23-18-44-33(41)30(23)29)38-28(39)17-37-12-6-11-36-9-4-3-8-35-10-5-7-34;;;;/h13-16,23,29-31,35-37,40H,3-12,17-19,34H2,1-2H3,(H,38,39);4*1H/t23-,29+,30-,31+;;;;/m0..../s1. The van der Waals surface area contributed by atoms with Gasteiger partial charge in [-0.2, -0.15) is 0 Å². The van der Waals surface area contributed by atoms with Crippen LogP contribution < -0.4 is 45.9 Å². The quantitative estimate of drug-likeness (QED) is 0.0964.